The van der Waals surface area contributed by atoms with E-state index in [4.69, 9.17) is 4.74 Å². The Balaban J connectivity index is 2.47. The third-order valence-electron chi connectivity index (χ3n) is 4.46. The van der Waals surface area contributed by atoms with E-state index in [9.17, 15) is 0 Å². The van der Waals surface area contributed by atoms with Gasteiger partial charge in [-0.15, -0.1) is 0 Å². The van der Waals surface area contributed by atoms with E-state index in [0.717, 1.165) is 0 Å². The van der Waals surface area contributed by atoms with Crippen LogP contribution in [0.5, 0.6) is 0 Å². The fraction of sp³-hybridized carbons (Fsp3) is 1.00. The molecule has 1 heteroatoms. The van der Waals surface area contributed by atoms with Crippen LogP contribution in [-0.2, 0) is 4.74 Å². The summed E-state index contributed by atoms with van der Waals surface area (Å²) in [6.07, 6.45) is 18.0. The second-order valence-electron chi connectivity index (χ2n) is 8.05. The lowest BCUT2D eigenvalue weighted by molar-refractivity contribution is -0.131. The molecule has 0 saturated heterocycles. The maximum Gasteiger partial charge on any atom is 0.0661 e. The molecule has 0 amide bonds. The van der Waals surface area contributed by atoms with Gasteiger partial charge in [-0.2, -0.15) is 0 Å². The van der Waals surface area contributed by atoms with Gasteiger partial charge in [0.05, 0.1) is 11.2 Å². The zero-order valence-electron chi connectivity index (χ0n) is 14.6. The average Bonchev–Trinajstić information content (AvgIpc) is 2.32. The van der Waals surface area contributed by atoms with Gasteiger partial charge in [-0.25, -0.2) is 0 Å². The highest BCUT2D eigenvalue weighted by atomic mass is 16.5. The van der Waals surface area contributed by atoms with E-state index in [0.29, 0.717) is 0 Å². The molecule has 0 aromatic carbocycles. The minimum absolute atomic E-state index is 0.0137. The SMILES string of the molecule is CC(C)(C)OC1(C)CCCCCCCCCCCCC1. The quantitative estimate of drug-likeness (QED) is 0.523. The van der Waals surface area contributed by atoms with Crippen molar-refractivity contribution in [2.24, 2.45) is 0 Å². The van der Waals surface area contributed by atoms with Crippen molar-refractivity contribution >= 4 is 0 Å². The maximum absolute atomic E-state index is 6.43. The third kappa shape index (κ3) is 9.00. The highest BCUT2D eigenvalue weighted by Crippen LogP contribution is 2.31. The van der Waals surface area contributed by atoms with Crippen molar-refractivity contribution in [2.75, 3.05) is 0 Å². The maximum atomic E-state index is 6.43. The lowest BCUT2D eigenvalue weighted by Crippen LogP contribution is -2.37. The molecule has 0 N–H and O–H groups in total. The molecule has 0 aliphatic heterocycles. The Bertz CT molecular complexity index is 225. The van der Waals surface area contributed by atoms with Crippen LogP contribution in [0.3, 0.4) is 0 Å². The smallest absolute Gasteiger partial charge is 0.0661 e. The average molecular weight is 283 g/mol. The summed E-state index contributed by atoms with van der Waals surface area (Å²) in [6, 6.07) is 0. The highest BCUT2D eigenvalue weighted by Gasteiger charge is 2.29. The second kappa shape index (κ2) is 9.07. The molecular weight excluding hydrogens is 244 g/mol. The number of rotatable bonds is 1. The molecule has 0 aromatic rings. The summed E-state index contributed by atoms with van der Waals surface area (Å²) >= 11 is 0. The monoisotopic (exact) mass is 282 g/mol. The topological polar surface area (TPSA) is 9.23 Å². The van der Waals surface area contributed by atoms with Crippen LogP contribution in [-0.4, -0.2) is 11.2 Å². The first kappa shape index (κ1) is 18.0. The zero-order valence-corrected chi connectivity index (χ0v) is 14.6. The molecule has 1 fully saturated rings. The number of hydrogen-bond donors (Lipinski definition) is 0. The number of hydrogen-bond acceptors (Lipinski definition) is 1. The van der Waals surface area contributed by atoms with Crippen molar-refractivity contribution in [1.82, 2.24) is 0 Å². The molecule has 1 aliphatic carbocycles. The van der Waals surface area contributed by atoms with Crippen molar-refractivity contribution in [3.05, 3.63) is 0 Å². The molecule has 120 valence electrons. The van der Waals surface area contributed by atoms with Crippen molar-refractivity contribution in [3.63, 3.8) is 0 Å². The van der Waals surface area contributed by atoms with Crippen LogP contribution in [0.15, 0.2) is 0 Å². The van der Waals surface area contributed by atoms with Crippen LogP contribution in [0.4, 0.5) is 0 Å². The van der Waals surface area contributed by atoms with Gasteiger partial charge < -0.3 is 4.74 Å². The first-order valence-electron chi connectivity index (χ1n) is 9.12. The Morgan fingerprint density at radius 3 is 1.20 bits per heavy atom. The Morgan fingerprint density at radius 2 is 0.900 bits per heavy atom. The summed E-state index contributed by atoms with van der Waals surface area (Å²) < 4.78 is 6.43. The van der Waals surface area contributed by atoms with Crippen molar-refractivity contribution < 1.29 is 4.74 Å². The van der Waals surface area contributed by atoms with Gasteiger partial charge >= 0.3 is 0 Å². The fourth-order valence-electron chi connectivity index (χ4n) is 3.56. The normalized spacial score (nSPS) is 24.0. The molecule has 20 heavy (non-hydrogen) atoms. The summed E-state index contributed by atoms with van der Waals surface area (Å²) in [4.78, 5) is 0. The molecule has 1 rings (SSSR count). The molecule has 0 unspecified atom stereocenters. The second-order valence-corrected chi connectivity index (χ2v) is 8.05. The Kier molecular flexibility index (Phi) is 8.17. The van der Waals surface area contributed by atoms with Gasteiger partial charge in [0.1, 0.15) is 0 Å². The largest absolute Gasteiger partial charge is 0.370 e. The van der Waals surface area contributed by atoms with Gasteiger partial charge in [0.25, 0.3) is 0 Å². The predicted molar refractivity (Wildman–Crippen MR) is 89.3 cm³/mol. The summed E-state index contributed by atoms with van der Waals surface area (Å²) in [6.45, 7) is 8.95. The Hall–Kier alpha value is -0.0400. The highest BCUT2D eigenvalue weighted by molar-refractivity contribution is 4.79. The van der Waals surface area contributed by atoms with E-state index in [1.165, 1.54) is 83.5 Å². The fourth-order valence-corrected chi connectivity index (χ4v) is 3.56. The zero-order chi connectivity index (χ0) is 14.9. The summed E-state index contributed by atoms with van der Waals surface area (Å²) in [5.74, 6) is 0. The van der Waals surface area contributed by atoms with Crippen molar-refractivity contribution in [1.29, 1.82) is 0 Å². The molecule has 0 heterocycles. The molecule has 1 saturated carbocycles. The van der Waals surface area contributed by atoms with E-state index in [1.807, 2.05) is 0 Å². The lowest BCUT2D eigenvalue weighted by atomic mass is 9.89. The lowest BCUT2D eigenvalue weighted by Gasteiger charge is -2.37. The molecule has 1 nitrogen and oxygen atoms in total. The van der Waals surface area contributed by atoms with Crippen LogP contribution >= 0.6 is 0 Å². The standard InChI is InChI=1S/C19H38O/c1-18(2,3)20-19(4)16-14-12-10-8-6-5-7-9-11-13-15-17-19/h5-17H2,1-4H3. The summed E-state index contributed by atoms with van der Waals surface area (Å²) in [7, 11) is 0. The van der Waals surface area contributed by atoms with Crippen LogP contribution in [0.1, 0.15) is 111 Å². The predicted octanol–water partition coefficient (Wildman–Crippen LogP) is 6.65. The minimum Gasteiger partial charge on any atom is -0.370 e. The van der Waals surface area contributed by atoms with Gasteiger partial charge in [-0.3, -0.25) is 0 Å². The molecule has 0 spiro atoms. The van der Waals surface area contributed by atoms with Gasteiger partial charge in [0.2, 0.25) is 0 Å². The molecule has 0 radical (unpaired) electrons. The van der Waals surface area contributed by atoms with Gasteiger partial charge in [-0.05, 0) is 40.5 Å². The molecule has 0 bridgehead atoms. The van der Waals surface area contributed by atoms with Crippen LogP contribution in [0.25, 0.3) is 0 Å². The molecule has 0 atom stereocenters. The van der Waals surface area contributed by atoms with E-state index in [1.54, 1.807) is 0 Å². The first-order chi connectivity index (χ1) is 9.41. The van der Waals surface area contributed by atoms with E-state index >= 15 is 0 Å². The Morgan fingerprint density at radius 1 is 0.600 bits per heavy atom. The van der Waals surface area contributed by atoms with Crippen LogP contribution in [0, 0.1) is 0 Å². The summed E-state index contributed by atoms with van der Waals surface area (Å²) in [5.41, 5.74) is 0.0859. The van der Waals surface area contributed by atoms with Gasteiger partial charge in [0.15, 0.2) is 0 Å². The summed E-state index contributed by atoms with van der Waals surface area (Å²) in [5, 5.41) is 0. The van der Waals surface area contributed by atoms with E-state index in [2.05, 4.69) is 27.7 Å². The molecular formula is C19H38O. The van der Waals surface area contributed by atoms with Crippen molar-refractivity contribution in [3.8, 4) is 0 Å². The first-order valence-corrected chi connectivity index (χ1v) is 9.12. The van der Waals surface area contributed by atoms with E-state index in [-0.39, 0.29) is 11.2 Å². The van der Waals surface area contributed by atoms with E-state index < -0.39 is 0 Å². The van der Waals surface area contributed by atoms with Crippen LogP contribution in [0.2, 0.25) is 0 Å². The Labute approximate surface area is 127 Å². The van der Waals surface area contributed by atoms with Gasteiger partial charge in [-0.1, -0.05) is 70.6 Å². The molecule has 1 aliphatic rings. The minimum atomic E-state index is -0.0137. The third-order valence-corrected chi connectivity index (χ3v) is 4.46. The molecule has 0 aromatic heterocycles. The van der Waals surface area contributed by atoms with Gasteiger partial charge in [0, 0.05) is 0 Å². The van der Waals surface area contributed by atoms with Crippen molar-refractivity contribution in [2.45, 2.75) is 122 Å². The van der Waals surface area contributed by atoms with Crippen LogP contribution < -0.4 is 0 Å². The number of ether oxygens (including phenoxy) is 1.